The highest BCUT2D eigenvalue weighted by Crippen LogP contribution is 2.20. The van der Waals surface area contributed by atoms with Gasteiger partial charge in [0.05, 0.1) is 13.7 Å². The van der Waals surface area contributed by atoms with Crippen molar-refractivity contribution in [3.63, 3.8) is 0 Å². The number of nitrogens with zero attached hydrogens (tertiary/aromatic N) is 2. The fraction of sp³-hybridized carbons (Fsp3) is 0.400. The highest BCUT2D eigenvalue weighted by molar-refractivity contribution is 5.99. The molecule has 0 N–H and O–H groups in total. The fourth-order valence-corrected chi connectivity index (χ4v) is 1.52. The van der Waals surface area contributed by atoms with Crippen molar-refractivity contribution in [2.24, 2.45) is 0 Å². The number of rotatable bonds is 3. The third-order valence-electron chi connectivity index (χ3n) is 2.31. The molecular formula is C15H18N2O4. The van der Waals surface area contributed by atoms with Crippen molar-refractivity contribution in [2.75, 3.05) is 18.6 Å². The van der Waals surface area contributed by atoms with Gasteiger partial charge in [-0.15, -0.1) is 6.42 Å². The molecule has 21 heavy (non-hydrogen) atoms. The van der Waals surface area contributed by atoms with Crippen molar-refractivity contribution < 1.29 is 19.1 Å². The molecule has 1 aromatic rings. The molecule has 112 valence electrons. The van der Waals surface area contributed by atoms with E-state index >= 15 is 0 Å². The van der Waals surface area contributed by atoms with Crippen LogP contribution in [-0.4, -0.2) is 36.3 Å². The second-order valence-corrected chi connectivity index (χ2v) is 5.14. The lowest BCUT2D eigenvalue weighted by Crippen LogP contribution is -2.38. The molecule has 6 nitrogen and oxygen atoms in total. The molecule has 0 bridgehead atoms. The second kappa shape index (κ2) is 6.75. The van der Waals surface area contributed by atoms with Crippen LogP contribution >= 0.6 is 0 Å². The van der Waals surface area contributed by atoms with E-state index in [4.69, 9.17) is 11.2 Å². The second-order valence-electron chi connectivity index (χ2n) is 5.14. The fourth-order valence-electron chi connectivity index (χ4n) is 1.52. The quantitative estimate of drug-likeness (QED) is 0.631. The average Bonchev–Trinajstić information content (AvgIpc) is 2.42. The summed E-state index contributed by atoms with van der Waals surface area (Å²) in [7, 11) is 1.25. The molecule has 0 atom stereocenters. The van der Waals surface area contributed by atoms with E-state index in [1.807, 2.05) is 0 Å². The standard InChI is InChI=1S/C15H18N2O4/c1-6-10-17(14(19)21-15(2,3)4)12-11(13(18)20-5)8-7-9-16-12/h1,7-9H,10H2,2-5H3. The number of carbonyl (C=O) groups is 2. The Morgan fingerprint density at radius 2 is 2.10 bits per heavy atom. The number of terminal acetylenes is 1. The lowest BCUT2D eigenvalue weighted by Gasteiger charge is -2.26. The van der Waals surface area contributed by atoms with Crippen molar-refractivity contribution in [2.45, 2.75) is 26.4 Å². The average molecular weight is 290 g/mol. The predicted molar refractivity (Wildman–Crippen MR) is 78.0 cm³/mol. The van der Waals surface area contributed by atoms with Crippen molar-refractivity contribution in [3.8, 4) is 12.3 Å². The summed E-state index contributed by atoms with van der Waals surface area (Å²) in [4.78, 5) is 29.2. The van der Waals surface area contributed by atoms with Gasteiger partial charge in [-0.3, -0.25) is 0 Å². The topological polar surface area (TPSA) is 68.7 Å². The molecule has 0 aliphatic rings. The number of pyridine rings is 1. The molecule has 1 aromatic heterocycles. The van der Waals surface area contributed by atoms with Crippen LogP contribution < -0.4 is 4.90 Å². The Balaban J connectivity index is 3.21. The molecule has 6 heteroatoms. The Hall–Kier alpha value is -2.55. The smallest absolute Gasteiger partial charge is 0.416 e. The molecule has 1 heterocycles. The first-order chi connectivity index (χ1) is 9.80. The number of methoxy groups -OCH3 is 1. The van der Waals surface area contributed by atoms with Crippen LogP contribution in [0.1, 0.15) is 31.1 Å². The van der Waals surface area contributed by atoms with Gasteiger partial charge in [0.25, 0.3) is 0 Å². The molecule has 1 rings (SSSR count). The first-order valence-electron chi connectivity index (χ1n) is 6.27. The molecule has 0 aliphatic carbocycles. The monoisotopic (exact) mass is 290 g/mol. The number of ether oxygens (including phenoxy) is 2. The molecule has 0 radical (unpaired) electrons. The van der Waals surface area contributed by atoms with Gasteiger partial charge in [-0.1, -0.05) is 5.92 Å². The van der Waals surface area contributed by atoms with Gasteiger partial charge in [-0.2, -0.15) is 0 Å². The highest BCUT2D eigenvalue weighted by Gasteiger charge is 2.27. The van der Waals surface area contributed by atoms with E-state index in [1.165, 1.54) is 19.4 Å². The predicted octanol–water partition coefficient (Wildman–Crippen LogP) is 2.24. The van der Waals surface area contributed by atoms with Gasteiger partial charge in [0.15, 0.2) is 5.82 Å². The first-order valence-corrected chi connectivity index (χ1v) is 6.27. The minimum atomic E-state index is -0.690. The molecule has 0 aliphatic heterocycles. The summed E-state index contributed by atoms with van der Waals surface area (Å²) in [6.45, 7) is 5.13. The third-order valence-corrected chi connectivity index (χ3v) is 2.31. The summed E-state index contributed by atoms with van der Waals surface area (Å²) in [6.07, 6.45) is 6.06. The maximum atomic E-state index is 12.2. The SMILES string of the molecule is C#CCN(C(=O)OC(C)(C)C)c1ncccc1C(=O)OC. The van der Waals surface area contributed by atoms with Gasteiger partial charge in [-0.05, 0) is 32.9 Å². The minimum absolute atomic E-state index is 0.0735. The van der Waals surface area contributed by atoms with E-state index in [0.29, 0.717) is 0 Å². The van der Waals surface area contributed by atoms with Gasteiger partial charge in [0, 0.05) is 6.20 Å². The molecule has 0 fully saturated rings. The Morgan fingerprint density at radius 3 is 2.62 bits per heavy atom. The van der Waals surface area contributed by atoms with E-state index < -0.39 is 17.7 Å². The molecule has 0 unspecified atom stereocenters. The largest absolute Gasteiger partial charge is 0.465 e. The van der Waals surface area contributed by atoms with Crippen molar-refractivity contribution in [1.82, 2.24) is 4.98 Å². The van der Waals surface area contributed by atoms with E-state index in [-0.39, 0.29) is 17.9 Å². The van der Waals surface area contributed by atoms with Gasteiger partial charge in [0.1, 0.15) is 11.2 Å². The summed E-state index contributed by atoms with van der Waals surface area (Å²) in [5.41, 5.74) is -0.550. The zero-order valence-electron chi connectivity index (χ0n) is 12.5. The van der Waals surface area contributed by atoms with E-state index in [9.17, 15) is 9.59 Å². The third kappa shape index (κ3) is 4.49. The number of carbonyl (C=O) groups excluding carboxylic acids is 2. The number of hydrogen-bond donors (Lipinski definition) is 0. The van der Waals surface area contributed by atoms with Crippen LogP contribution in [0.2, 0.25) is 0 Å². The van der Waals surface area contributed by atoms with Gasteiger partial charge in [-0.25, -0.2) is 19.5 Å². The number of hydrogen-bond acceptors (Lipinski definition) is 5. The van der Waals surface area contributed by atoms with Gasteiger partial charge < -0.3 is 9.47 Å². The number of amides is 1. The Bertz CT molecular complexity index is 570. The van der Waals surface area contributed by atoms with Crippen LogP contribution in [0.25, 0.3) is 0 Å². The van der Waals surface area contributed by atoms with Gasteiger partial charge in [0.2, 0.25) is 0 Å². The summed E-state index contributed by atoms with van der Waals surface area (Å²) < 4.78 is 9.95. The Labute approximate surface area is 124 Å². The number of aromatic nitrogens is 1. The highest BCUT2D eigenvalue weighted by atomic mass is 16.6. The lowest BCUT2D eigenvalue weighted by atomic mass is 10.2. The zero-order chi connectivity index (χ0) is 16.0. The van der Waals surface area contributed by atoms with Crippen LogP contribution in [0.15, 0.2) is 18.3 Å². The molecule has 0 aromatic carbocycles. The van der Waals surface area contributed by atoms with Crippen molar-refractivity contribution >= 4 is 17.9 Å². The van der Waals surface area contributed by atoms with Crippen LogP contribution in [0, 0.1) is 12.3 Å². The molecular weight excluding hydrogens is 272 g/mol. The minimum Gasteiger partial charge on any atom is -0.465 e. The summed E-state index contributed by atoms with van der Waals surface area (Å²) in [6, 6.07) is 3.07. The zero-order valence-corrected chi connectivity index (χ0v) is 12.5. The first kappa shape index (κ1) is 16.5. The van der Waals surface area contributed by atoms with E-state index in [0.717, 1.165) is 4.90 Å². The van der Waals surface area contributed by atoms with Crippen LogP contribution in [0.3, 0.4) is 0 Å². The summed E-state index contributed by atoms with van der Waals surface area (Å²) in [5, 5.41) is 0. The van der Waals surface area contributed by atoms with Crippen LogP contribution in [0.5, 0.6) is 0 Å². The molecule has 0 saturated heterocycles. The summed E-state index contributed by atoms with van der Waals surface area (Å²) in [5.74, 6) is 1.85. The van der Waals surface area contributed by atoms with Crippen LogP contribution in [0.4, 0.5) is 10.6 Å². The van der Waals surface area contributed by atoms with E-state index in [2.05, 4.69) is 15.6 Å². The molecule has 1 amide bonds. The lowest BCUT2D eigenvalue weighted by molar-refractivity contribution is 0.0582. The summed E-state index contributed by atoms with van der Waals surface area (Å²) >= 11 is 0. The molecule has 0 saturated carbocycles. The van der Waals surface area contributed by atoms with Crippen molar-refractivity contribution in [1.29, 1.82) is 0 Å². The number of esters is 1. The Kier molecular flexibility index (Phi) is 5.30. The van der Waals surface area contributed by atoms with Gasteiger partial charge >= 0.3 is 12.1 Å². The van der Waals surface area contributed by atoms with E-state index in [1.54, 1.807) is 26.8 Å². The maximum absolute atomic E-state index is 12.2. The molecule has 0 spiro atoms. The normalized spacial score (nSPS) is 10.4. The maximum Gasteiger partial charge on any atom is 0.416 e. The van der Waals surface area contributed by atoms with Crippen molar-refractivity contribution in [3.05, 3.63) is 23.9 Å². The van der Waals surface area contributed by atoms with Crippen LogP contribution in [-0.2, 0) is 9.47 Å². The number of anilines is 1. The Morgan fingerprint density at radius 1 is 1.43 bits per heavy atom.